The van der Waals surface area contributed by atoms with Crippen LogP contribution in [0.25, 0.3) is 0 Å². The highest BCUT2D eigenvalue weighted by atomic mass is 16.7. The van der Waals surface area contributed by atoms with Crippen LogP contribution < -0.4 is 0 Å². The predicted molar refractivity (Wildman–Crippen MR) is 86.7 cm³/mol. The molecule has 6 heteroatoms. The molecule has 6 nitrogen and oxygen atoms in total. The number of H-pyrrole nitrogens is 1. The number of hydrogen-bond acceptors (Lipinski definition) is 4. The molecule has 1 saturated heterocycles. The molecule has 3 atom stereocenters. The highest BCUT2D eigenvalue weighted by Crippen LogP contribution is 2.66. The van der Waals surface area contributed by atoms with E-state index in [1.807, 2.05) is 11.0 Å². The Morgan fingerprint density at radius 1 is 1.33 bits per heavy atom. The highest BCUT2D eigenvalue weighted by molar-refractivity contribution is 5.97. The molecular formula is C18H22N4O2. The van der Waals surface area contributed by atoms with E-state index in [9.17, 15) is 4.79 Å². The summed E-state index contributed by atoms with van der Waals surface area (Å²) >= 11 is 0. The van der Waals surface area contributed by atoms with E-state index in [2.05, 4.69) is 22.3 Å². The number of amides is 1. The molecule has 4 fully saturated rings. The van der Waals surface area contributed by atoms with Gasteiger partial charge in [0.2, 0.25) is 0 Å². The summed E-state index contributed by atoms with van der Waals surface area (Å²) in [6.45, 7) is 3.97. The SMILES string of the molecule is CC1(C2=NOC3(CC3)C2)[C@@H]2CN(C(=O)c3cc(C4CC4)[nH]n3)C[C@@H]21. The second-order valence-corrected chi connectivity index (χ2v) is 8.68. The number of rotatable bonds is 3. The van der Waals surface area contributed by atoms with Gasteiger partial charge in [-0.05, 0) is 43.6 Å². The molecule has 2 aliphatic heterocycles. The molecule has 1 aromatic heterocycles. The maximum Gasteiger partial charge on any atom is 0.274 e. The van der Waals surface area contributed by atoms with E-state index in [4.69, 9.17) is 4.84 Å². The average molecular weight is 326 g/mol. The second kappa shape index (κ2) is 4.03. The quantitative estimate of drug-likeness (QED) is 0.926. The molecule has 24 heavy (non-hydrogen) atoms. The van der Waals surface area contributed by atoms with Gasteiger partial charge in [0, 0.05) is 36.5 Å². The lowest BCUT2D eigenvalue weighted by atomic mass is 9.91. The Balaban J connectivity index is 1.15. The Hall–Kier alpha value is -1.85. The molecule has 3 aliphatic carbocycles. The number of carbonyl (C=O) groups excluding carboxylic acids is 1. The predicted octanol–water partition coefficient (Wildman–Crippen LogP) is 2.30. The van der Waals surface area contributed by atoms with Crippen LogP contribution in [0.15, 0.2) is 11.2 Å². The van der Waals surface area contributed by atoms with Crippen LogP contribution in [-0.4, -0.2) is 45.4 Å². The zero-order chi connectivity index (χ0) is 16.1. The smallest absolute Gasteiger partial charge is 0.274 e. The highest BCUT2D eigenvalue weighted by Gasteiger charge is 2.70. The standard InChI is InChI=1S/C18H22N4O2/c1-17(15-7-18(4-5-18)24-21-15)11-8-22(9-12(11)17)16(23)14-6-13(19-20-14)10-2-3-10/h6,10-12H,2-5,7-9H2,1H3,(H,19,20)/t11-,12+,17?. The molecule has 0 radical (unpaired) electrons. The molecule has 1 aromatic rings. The van der Waals surface area contributed by atoms with Crippen LogP contribution in [0.4, 0.5) is 0 Å². The summed E-state index contributed by atoms with van der Waals surface area (Å²) in [7, 11) is 0. The van der Waals surface area contributed by atoms with E-state index in [0.717, 1.165) is 38.0 Å². The maximum atomic E-state index is 12.7. The first-order valence-electron chi connectivity index (χ1n) is 9.19. The normalized spacial score (nSPS) is 38.0. The Morgan fingerprint density at radius 2 is 2.08 bits per heavy atom. The lowest BCUT2D eigenvalue weighted by molar-refractivity contribution is 0.0650. The van der Waals surface area contributed by atoms with Crippen molar-refractivity contribution in [1.29, 1.82) is 0 Å². The molecule has 0 aromatic carbocycles. The van der Waals surface area contributed by atoms with Gasteiger partial charge in [-0.1, -0.05) is 12.1 Å². The largest absolute Gasteiger partial charge is 0.389 e. The molecular weight excluding hydrogens is 304 g/mol. The van der Waals surface area contributed by atoms with E-state index < -0.39 is 0 Å². The number of hydrogen-bond donors (Lipinski definition) is 1. The zero-order valence-electron chi connectivity index (χ0n) is 13.9. The van der Waals surface area contributed by atoms with Crippen LogP contribution in [0.2, 0.25) is 0 Å². The number of aromatic amines is 1. The summed E-state index contributed by atoms with van der Waals surface area (Å²) in [5.41, 5.74) is 3.18. The molecule has 126 valence electrons. The van der Waals surface area contributed by atoms with Crippen molar-refractivity contribution in [3.05, 3.63) is 17.5 Å². The van der Waals surface area contributed by atoms with Gasteiger partial charge in [-0.2, -0.15) is 5.10 Å². The third kappa shape index (κ3) is 1.69. The van der Waals surface area contributed by atoms with Gasteiger partial charge < -0.3 is 9.74 Å². The van der Waals surface area contributed by atoms with Crippen LogP contribution in [0, 0.1) is 17.3 Å². The lowest BCUT2D eigenvalue weighted by Gasteiger charge is -2.23. The molecule has 1 unspecified atom stereocenters. The van der Waals surface area contributed by atoms with Crippen molar-refractivity contribution in [2.75, 3.05) is 13.1 Å². The summed E-state index contributed by atoms with van der Waals surface area (Å²) in [5.74, 6) is 1.76. The number of oxime groups is 1. The fourth-order valence-corrected chi connectivity index (χ4v) is 4.90. The molecule has 6 rings (SSSR count). The first-order valence-corrected chi connectivity index (χ1v) is 9.19. The van der Waals surface area contributed by atoms with Gasteiger partial charge >= 0.3 is 0 Å². The topological polar surface area (TPSA) is 70.6 Å². The van der Waals surface area contributed by atoms with Crippen LogP contribution in [0.3, 0.4) is 0 Å². The minimum absolute atomic E-state index is 0.0684. The van der Waals surface area contributed by atoms with Crippen molar-refractivity contribution in [1.82, 2.24) is 15.1 Å². The van der Waals surface area contributed by atoms with E-state index >= 15 is 0 Å². The number of carbonyl (C=O) groups is 1. The van der Waals surface area contributed by atoms with Crippen molar-refractivity contribution in [3.63, 3.8) is 0 Å². The van der Waals surface area contributed by atoms with E-state index in [0.29, 0.717) is 23.4 Å². The third-order valence-electron chi connectivity index (χ3n) is 7.14. The molecule has 3 heterocycles. The van der Waals surface area contributed by atoms with Gasteiger partial charge in [0.15, 0.2) is 0 Å². The van der Waals surface area contributed by atoms with Crippen molar-refractivity contribution < 1.29 is 9.63 Å². The Morgan fingerprint density at radius 3 is 2.71 bits per heavy atom. The number of fused-ring (bicyclic) bond motifs is 1. The van der Waals surface area contributed by atoms with Crippen molar-refractivity contribution >= 4 is 11.6 Å². The van der Waals surface area contributed by atoms with Gasteiger partial charge in [-0.15, -0.1) is 0 Å². The number of nitrogens with zero attached hydrogens (tertiary/aromatic N) is 3. The molecule has 5 aliphatic rings. The fourth-order valence-electron chi connectivity index (χ4n) is 4.90. The minimum atomic E-state index is 0.0684. The van der Waals surface area contributed by atoms with Crippen LogP contribution in [-0.2, 0) is 4.84 Å². The summed E-state index contributed by atoms with van der Waals surface area (Å²) in [6.07, 6.45) is 5.74. The van der Waals surface area contributed by atoms with Crippen LogP contribution in [0.1, 0.15) is 61.1 Å². The Bertz CT molecular complexity index is 762. The molecule has 1 N–H and O–H groups in total. The Kier molecular flexibility index (Phi) is 2.26. The molecule has 1 spiro atoms. The van der Waals surface area contributed by atoms with Gasteiger partial charge in [0.25, 0.3) is 5.91 Å². The molecule has 3 saturated carbocycles. The third-order valence-corrected chi connectivity index (χ3v) is 7.14. The van der Waals surface area contributed by atoms with E-state index in [1.54, 1.807) is 0 Å². The minimum Gasteiger partial charge on any atom is -0.389 e. The summed E-state index contributed by atoms with van der Waals surface area (Å²) < 4.78 is 0. The van der Waals surface area contributed by atoms with Gasteiger partial charge in [0.1, 0.15) is 11.3 Å². The van der Waals surface area contributed by atoms with Gasteiger partial charge in [0.05, 0.1) is 5.71 Å². The monoisotopic (exact) mass is 326 g/mol. The maximum absolute atomic E-state index is 12.7. The summed E-state index contributed by atoms with van der Waals surface area (Å²) in [6, 6.07) is 1.95. The van der Waals surface area contributed by atoms with Gasteiger partial charge in [-0.25, -0.2) is 0 Å². The zero-order valence-corrected chi connectivity index (χ0v) is 13.9. The first-order chi connectivity index (χ1) is 11.6. The molecule has 0 bridgehead atoms. The van der Waals surface area contributed by atoms with E-state index in [-0.39, 0.29) is 16.9 Å². The lowest BCUT2D eigenvalue weighted by Crippen LogP contribution is -2.35. The van der Waals surface area contributed by atoms with E-state index in [1.165, 1.54) is 18.6 Å². The summed E-state index contributed by atoms with van der Waals surface area (Å²) in [4.78, 5) is 20.3. The fraction of sp³-hybridized carbons (Fsp3) is 0.722. The number of nitrogens with one attached hydrogen (secondary N) is 1. The number of aromatic nitrogens is 2. The average Bonchev–Trinajstić information content (AvgIpc) is 3.49. The number of piperidine rings is 1. The Labute approximate surface area is 140 Å². The second-order valence-electron chi connectivity index (χ2n) is 8.68. The van der Waals surface area contributed by atoms with Crippen LogP contribution in [0.5, 0.6) is 0 Å². The van der Waals surface area contributed by atoms with Crippen molar-refractivity contribution in [2.45, 2.75) is 50.5 Å². The van der Waals surface area contributed by atoms with Gasteiger partial charge in [-0.3, -0.25) is 9.89 Å². The summed E-state index contributed by atoms with van der Waals surface area (Å²) in [5, 5.41) is 11.7. The number of likely N-dealkylation sites (tertiary alicyclic amines) is 1. The van der Waals surface area contributed by atoms with Crippen molar-refractivity contribution in [2.24, 2.45) is 22.4 Å². The van der Waals surface area contributed by atoms with Crippen LogP contribution >= 0.6 is 0 Å². The van der Waals surface area contributed by atoms with Crippen molar-refractivity contribution in [3.8, 4) is 0 Å². The molecule has 1 amide bonds. The first kappa shape index (κ1) is 13.4.